The standard InChI is InChI=1S/C23H30N2/c1-20(2)23-12-10-22(11-13-23)19-25-17-15-24(16-18-25)14-6-9-21-7-4-3-5-8-21/h3-13,20H,14-19H2,1-2H3/p+2/b9-6+. The molecule has 1 heterocycles. The third-order valence-corrected chi connectivity index (χ3v) is 5.28. The first kappa shape index (κ1) is 17.9. The Morgan fingerprint density at radius 3 is 2.12 bits per heavy atom. The smallest absolute Gasteiger partial charge is 0.127 e. The predicted octanol–water partition coefficient (Wildman–Crippen LogP) is 1.81. The number of rotatable bonds is 6. The molecule has 0 amide bonds. The fourth-order valence-electron chi connectivity index (χ4n) is 3.57. The zero-order valence-corrected chi connectivity index (χ0v) is 15.7. The molecule has 132 valence electrons. The van der Waals surface area contributed by atoms with Gasteiger partial charge in [-0.25, -0.2) is 0 Å². The molecule has 0 aliphatic carbocycles. The minimum Gasteiger partial charge on any atom is -0.322 e. The van der Waals surface area contributed by atoms with Crippen molar-refractivity contribution in [2.24, 2.45) is 0 Å². The van der Waals surface area contributed by atoms with E-state index in [-0.39, 0.29) is 0 Å². The average Bonchev–Trinajstić information content (AvgIpc) is 2.64. The lowest BCUT2D eigenvalue weighted by molar-refractivity contribution is -1.02. The molecule has 1 aliphatic rings. The molecule has 0 unspecified atom stereocenters. The molecule has 2 heteroatoms. The summed E-state index contributed by atoms with van der Waals surface area (Å²) in [6.07, 6.45) is 4.59. The van der Waals surface area contributed by atoms with Crippen molar-refractivity contribution in [3.05, 3.63) is 77.4 Å². The molecule has 0 spiro atoms. The number of hydrogen-bond acceptors (Lipinski definition) is 0. The Balaban J connectivity index is 1.42. The van der Waals surface area contributed by atoms with Gasteiger partial charge in [0.25, 0.3) is 0 Å². The van der Waals surface area contributed by atoms with Gasteiger partial charge in [0.05, 0.1) is 6.54 Å². The van der Waals surface area contributed by atoms with Crippen LogP contribution in [-0.2, 0) is 6.54 Å². The second-order valence-electron chi connectivity index (χ2n) is 7.59. The number of benzene rings is 2. The van der Waals surface area contributed by atoms with Gasteiger partial charge in [-0.3, -0.25) is 0 Å². The highest BCUT2D eigenvalue weighted by Gasteiger charge is 2.21. The van der Waals surface area contributed by atoms with Gasteiger partial charge in [-0.05, 0) is 23.1 Å². The van der Waals surface area contributed by atoms with Crippen LogP contribution in [0.1, 0.15) is 36.5 Å². The van der Waals surface area contributed by atoms with E-state index in [9.17, 15) is 0 Å². The number of piperazine rings is 1. The Kier molecular flexibility index (Phi) is 6.43. The first-order chi connectivity index (χ1) is 12.2. The van der Waals surface area contributed by atoms with Crippen LogP contribution in [0.2, 0.25) is 0 Å². The van der Waals surface area contributed by atoms with Crippen molar-refractivity contribution in [3.8, 4) is 0 Å². The first-order valence-corrected chi connectivity index (χ1v) is 9.68. The number of quaternary nitrogens is 2. The van der Waals surface area contributed by atoms with E-state index in [0.29, 0.717) is 5.92 Å². The summed E-state index contributed by atoms with van der Waals surface area (Å²) in [5, 5.41) is 0. The van der Waals surface area contributed by atoms with Gasteiger partial charge in [0.15, 0.2) is 0 Å². The van der Waals surface area contributed by atoms with Crippen LogP contribution in [0.5, 0.6) is 0 Å². The van der Waals surface area contributed by atoms with Crippen LogP contribution in [0.15, 0.2) is 60.7 Å². The second kappa shape index (κ2) is 8.98. The van der Waals surface area contributed by atoms with Crippen molar-refractivity contribution in [3.63, 3.8) is 0 Å². The molecule has 2 aromatic rings. The highest BCUT2D eigenvalue weighted by Crippen LogP contribution is 2.14. The second-order valence-corrected chi connectivity index (χ2v) is 7.59. The molecule has 2 aromatic carbocycles. The molecule has 0 bridgehead atoms. The molecule has 1 saturated heterocycles. The van der Waals surface area contributed by atoms with Gasteiger partial charge in [-0.1, -0.05) is 74.5 Å². The lowest BCUT2D eigenvalue weighted by Crippen LogP contribution is -3.27. The van der Waals surface area contributed by atoms with Gasteiger partial charge < -0.3 is 9.80 Å². The molecule has 25 heavy (non-hydrogen) atoms. The Bertz CT molecular complexity index is 650. The SMILES string of the molecule is CC(C)c1ccc(C[NH+]2CC[NH+](C/C=C/c3ccccc3)CC2)cc1. The van der Waals surface area contributed by atoms with Crippen LogP contribution in [0, 0.1) is 0 Å². The molecule has 0 radical (unpaired) electrons. The summed E-state index contributed by atoms with van der Waals surface area (Å²) in [5.41, 5.74) is 4.22. The minimum absolute atomic E-state index is 0.623. The van der Waals surface area contributed by atoms with E-state index >= 15 is 0 Å². The fourth-order valence-corrected chi connectivity index (χ4v) is 3.57. The van der Waals surface area contributed by atoms with Crippen molar-refractivity contribution >= 4 is 6.08 Å². The van der Waals surface area contributed by atoms with Crippen LogP contribution in [0.3, 0.4) is 0 Å². The van der Waals surface area contributed by atoms with Gasteiger partial charge >= 0.3 is 0 Å². The topological polar surface area (TPSA) is 8.88 Å². The number of nitrogens with one attached hydrogen (secondary N) is 2. The maximum absolute atomic E-state index is 2.33. The lowest BCUT2D eigenvalue weighted by Gasteiger charge is -2.29. The summed E-state index contributed by atoms with van der Waals surface area (Å²) >= 11 is 0. The molecule has 1 aliphatic heterocycles. The third kappa shape index (κ3) is 5.55. The molecule has 0 aromatic heterocycles. The Labute approximate surface area is 152 Å². The van der Waals surface area contributed by atoms with E-state index in [0.717, 1.165) is 6.54 Å². The Morgan fingerprint density at radius 1 is 0.840 bits per heavy atom. The van der Waals surface area contributed by atoms with Gasteiger partial charge in [0.2, 0.25) is 0 Å². The highest BCUT2D eigenvalue weighted by atomic mass is 15.3. The first-order valence-electron chi connectivity index (χ1n) is 9.68. The van der Waals surface area contributed by atoms with Crippen molar-refractivity contribution in [1.29, 1.82) is 0 Å². The summed E-state index contributed by atoms with van der Waals surface area (Å²) < 4.78 is 0. The van der Waals surface area contributed by atoms with E-state index in [1.165, 1.54) is 49.4 Å². The molecule has 3 rings (SSSR count). The molecule has 0 atom stereocenters. The summed E-state index contributed by atoms with van der Waals surface area (Å²) in [4.78, 5) is 3.44. The normalized spacial score (nSPS) is 21.1. The lowest BCUT2D eigenvalue weighted by atomic mass is 10.0. The van der Waals surface area contributed by atoms with E-state index in [1.54, 1.807) is 9.80 Å². The quantitative estimate of drug-likeness (QED) is 0.796. The van der Waals surface area contributed by atoms with Crippen molar-refractivity contribution in [2.75, 3.05) is 32.7 Å². The van der Waals surface area contributed by atoms with E-state index in [4.69, 9.17) is 0 Å². The maximum atomic E-state index is 2.33. The van der Waals surface area contributed by atoms with Crippen molar-refractivity contribution < 1.29 is 9.80 Å². The van der Waals surface area contributed by atoms with E-state index < -0.39 is 0 Å². The van der Waals surface area contributed by atoms with Crippen LogP contribution in [0.4, 0.5) is 0 Å². The molecular formula is C23H32N2+2. The molecule has 2 N–H and O–H groups in total. The largest absolute Gasteiger partial charge is 0.322 e. The molecule has 1 fully saturated rings. The predicted molar refractivity (Wildman–Crippen MR) is 106 cm³/mol. The number of hydrogen-bond donors (Lipinski definition) is 2. The van der Waals surface area contributed by atoms with Gasteiger partial charge in [0.1, 0.15) is 32.7 Å². The summed E-state index contributed by atoms with van der Waals surface area (Å²) in [6.45, 7) is 11.9. The zero-order valence-electron chi connectivity index (χ0n) is 15.7. The van der Waals surface area contributed by atoms with Crippen molar-refractivity contribution in [1.82, 2.24) is 0 Å². The summed E-state index contributed by atoms with van der Waals surface area (Å²) in [7, 11) is 0. The van der Waals surface area contributed by atoms with Crippen LogP contribution < -0.4 is 9.80 Å². The average molecular weight is 337 g/mol. The van der Waals surface area contributed by atoms with Gasteiger partial charge in [-0.2, -0.15) is 0 Å². The van der Waals surface area contributed by atoms with Gasteiger partial charge in [0, 0.05) is 5.56 Å². The highest BCUT2D eigenvalue weighted by molar-refractivity contribution is 5.48. The summed E-state index contributed by atoms with van der Waals surface area (Å²) in [5.74, 6) is 0.623. The minimum atomic E-state index is 0.623. The molecule has 2 nitrogen and oxygen atoms in total. The van der Waals surface area contributed by atoms with Crippen LogP contribution >= 0.6 is 0 Å². The van der Waals surface area contributed by atoms with E-state index in [1.807, 2.05) is 0 Å². The Morgan fingerprint density at radius 2 is 1.48 bits per heavy atom. The van der Waals surface area contributed by atoms with Gasteiger partial charge in [-0.15, -0.1) is 0 Å². The third-order valence-electron chi connectivity index (χ3n) is 5.28. The maximum Gasteiger partial charge on any atom is 0.127 e. The molecule has 0 saturated carbocycles. The zero-order chi connectivity index (χ0) is 17.5. The monoisotopic (exact) mass is 336 g/mol. The summed E-state index contributed by atoms with van der Waals surface area (Å²) in [6, 6.07) is 19.8. The fraction of sp³-hybridized carbons (Fsp3) is 0.391. The molecular weight excluding hydrogens is 304 g/mol. The Hall–Kier alpha value is -1.90. The van der Waals surface area contributed by atoms with Crippen molar-refractivity contribution in [2.45, 2.75) is 26.3 Å². The van der Waals surface area contributed by atoms with Crippen LogP contribution in [0.25, 0.3) is 6.08 Å². The van der Waals surface area contributed by atoms with E-state index in [2.05, 4.69) is 80.6 Å². The van der Waals surface area contributed by atoms with Crippen LogP contribution in [-0.4, -0.2) is 32.7 Å².